The quantitative estimate of drug-likeness (QED) is 0.845. The highest BCUT2D eigenvalue weighted by molar-refractivity contribution is 5.96. The Balaban J connectivity index is 1.68. The first-order valence-corrected chi connectivity index (χ1v) is 8.52. The van der Waals surface area contributed by atoms with Crippen molar-refractivity contribution in [1.82, 2.24) is 14.7 Å². The summed E-state index contributed by atoms with van der Waals surface area (Å²) in [5.74, 6) is 0.445. The van der Waals surface area contributed by atoms with Crippen molar-refractivity contribution in [3.8, 4) is 5.88 Å². The van der Waals surface area contributed by atoms with E-state index in [0.29, 0.717) is 31.1 Å². The van der Waals surface area contributed by atoms with Crippen molar-refractivity contribution < 1.29 is 9.53 Å². The molecule has 6 heteroatoms. The number of para-hydroxylation sites is 1. The first kappa shape index (κ1) is 16.4. The number of aromatic nitrogens is 2. The highest BCUT2D eigenvalue weighted by Gasteiger charge is 2.26. The molecule has 1 aromatic carbocycles. The smallest absolute Gasteiger partial charge is 0.261 e. The van der Waals surface area contributed by atoms with E-state index in [4.69, 9.17) is 4.74 Å². The normalized spacial score (nSPS) is 14.8. The van der Waals surface area contributed by atoms with E-state index >= 15 is 0 Å². The number of rotatable bonds is 5. The van der Waals surface area contributed by atoms with Gasteiger partial charge in [-0.3, -0.25) is 9.48 Å². The first-order chi connectivity index (χ1) is 11.7. The Hall–Kier alpha value is -2.50. The second-order valence-corrected chi connectivity index (χ2v) is 5.75. The zero-order valence-electron chi connectivity index (χ0n) is 14.3. The molecule has 0 radical (unpaired) electrons. The highest BCUT2D eigenvalue weighted by Crippen LogP contribution is 2.21. The van der Waals surface area contributed by atoms with Crippen molar-refractivity contribution >= 4 is 11.6 Å². The number of benzene rings is 1. The molecule has 0 saturated carbocycles. The number of carbonyl (C=O) groups excluding carboxylic acids is 1. The lowest BCUT2D eigenvalue weighted by atomic mass is 10.2. The Labute approximate surface area is 142 Å². The fraction of sp³-hybridized carbons (Fsp3) is 0.444. The molecular weight excluding hydrogens is 304 g/mol. The summed E-state index contributed by atoms with van der Waals surface area (Å²) < 4.78 is 7.28. The van der Waals surface area contributed by atoms with Crippen LogP contribution in [0.15, 0.2) is 36.5 Å². The van der Waals surface area contributed by atoms with Crippen molar-refractivity contribution in [2.75, 3.05) is 37.7 Å². The Kier molecular flexibility index (Phi) is 5.03. The molecule has 1 fully saturated rings. The standard InChI is InChI=1S/C18H24N4O2/c1-3-22-14-16(17(19-22)24-4-2)18(23)21-12-10-20(11-13-21)15-8-6-5-7-9-15/h5-9,14H,3-4,10-13H2,1-2H3. The molecule has 1 amide bonds. The topological polar surface area (TPSA) is 50.6 Å². The third kappa shape index (κ3) is 3.37. The van der Waals surface area contributed by atoms with Crippen molar-refractivity contribution in [1.29, 1.82) is 0 Å². The number of nitrogens with zero attached hydrogens (tertiary/aromatic N) is 4. The van der Waals surface area contributed by atoms with Crippen LogP contribution in [-0.4, -0.2) is 53.4 Å². The van der Waals surface area contributed by atoms with E-state index in [1.54, 1.807) is 10.9 Å². The molecule has 0 unspecified atom stereocenters. The third-order valence-corrected chi connectivity index (χ3v) is 4.25. The number of anilines is 1. The molecule has 0 N–H and O–H groups in total. The van der Waals surface area contributed by atoms with Gasteiger partial charge in [0.2, 0.25) is 5.88 Å². The Morgan fingerprint density at radius 3 is 2.46 bits per heavy atom. The molecule has 1 saturated heterocycles. The fourth-order valence-electron chi connectivity index (χ4n) is 2.93. The third-order valence-electron chi connectivity index (χ3n) is 4.25. The van der Waals surface area contributed by atoms with E-state index < -0.39 is 0 Å². The second kappa shape index (κ2) is 7.38. The van der Waals surface area contributed by atoms with Gasteiger partial charge < -0.3 is 14.5 Å². The lowest BCUT2D eigenvalue weighted by molar-refractivity contribution is 0.0742. The summed E-state index contributed by atoms with van der Waals surface area (Å²) in [7, 11) is 0. The van der Waals surface area contributed by atoms with Gasteiger partial charge in [-0.25, -0.2) is 0 Å². The average Bonchev–Trinajstić information content (AvgIpc) is 3.05. The van der Waals surface area contributed by atoms with Crippen LogP contribution < -0.4 is 9.64 Å². The fourth-order valence-corrected chi connectivity index (χ4v) is 2.93. The van der Waals surface area contributed by atoms with Crippen LogP contribution in [0.25, 0.3) is 0 Å². The first-order valence-electron chi connectivity index (χ1n) is 8.52. The summed E-state index contributed by atoms with van der Waals surface area (Å²) >= 11 is 0. The SMILES string of the molecule is CCOc1nn(CC)cc1C(=O)N1CCN(c2ccccc2)CC1. The molecular formula is C18H24N4O2. The lowest BCUT2D eigenvalue weighted by Gasteiger charge is -2.36. The Morgan fingerprint density at radius 2 is 1.83 bits per heavy atom. The molecule has 0 spiro atoms. The second-order valence-electron chi connectivity index (χ2n) is 5.75. The lowest BCUT2D eigenvalue weighted by Crippen LogP contribution is -2.48. The van der Waals surface area contributed by atoms with Gasteiger partial charge in [-0.15, -0.1) is 5.10 Å². The van der Waals surface area contributed by atoms with Crippen LogP contribution in [-0.2, 0) is 6.54 Å². The number of piperazine rings is 1. The van der Waals surface area contributed by atoms with Crippen LogP contribution in [0.5, 0.6) is 5.88 Å². The summed E-state index contributed by atoms with van der Waals surface area (Å²) in [6.45, 7) is 8.20. The minimum absolute atomic E-state index is 0.00543. The van der Waals surface area contributed by atoms with E-state index in [-0.39, 0.29) is 5.91 Å². The van der Waals surface area contributed by atoms with E-state index in [0.717, 1.165) is 19.6 Å². The number of amides is 1. The maximum Gasteiger partial charge on any atom is 0.261 e. The highest BCUT2D eigenvalue weighted by atomic mass is 16.5. The summed E-state index contributed by atoms with van der Waals surface area (Å²) in [5.41, 5.74) is 1.77. The summed E-state index contributed by atoms with van der Waals surface area (Å²) in [6.07, 6.45) is 1.79. The van der Waals surface area contributed by atoms with Crippen LogP contribution in [0.2, 0.25) is 0 Å². The number of carbonyl (C=O) groups is 1. The average molecular weight is 328 g/mol. The Bertz CT molecular complexity index is 676. The maximum absolute atomic E-state index is 12.8. The van der Waals surface area contributed by atoms with Gasteiger partial charge >= 0.3 is 0 Å². The number of hydrogen-bond donors (Lipinski definition) is 0. The molecule has 0 atom stereocenters. The molecule has 1 aliphatic heterocycles. The molecule has 2 heterocycles. The summed E-state index contributed by atoms with van der Waals surface area (Å²) in [5, 5.41) is 4.33. The summed E-state index contributed by atoms with van der Waals surface area (Å²) in [6, 6.07) is 10.3. The molecule has 24 heavy (non-hydrogen) atoms. The van der Waals surface area contributed by atoms with Gasteiger partial charge in [-0.05, 0) is 26.0 Å². The van der Waals surface area contributed by atoms with Crippen LogP contribution in [0.1, 0.15) is 24.2 Å². The zero-order chi connectivity index (χ0) is 16.9. The summed E-state index contributed by atoms with van der Waals surface area (Å²) in [4.78, 5) is 17.0. The van der Waals surface area contributed by atoms with Gasteiger partial charge in [-0.1, -0.05) is 18.2 Å². The van der Waals surface area contributed by atoms with E-state index in [1.165, 1.54) is 5.69 Å². The number of hydrogen-bond acceptors (Lipinski definition) is 4. The molecule has 3 rings (SSSR count). The molecule has 128 valence electrons. The van der Waals surface area contributed by atoms with E-state index in [1.807, 2.05) is 36.9 Å². The van der Waals surface area contributed by atoms with Gasteiger partial charge in [0, 0.05) is 44.6 Å². The van der Waals surface area contributed by atoms with Gasteiger partial charge in [0.05, 0.1) is 6.61 Å². The van der Waals surface area contributed by atoms with Crippen LogP contribution in [0.3, 0.4) is 0 Å². The van der Waals surface area contributed by atoms with Crippen molar-refractivity contribution in [2.24, 2.45) is 0 Å². The minimum Gasteiger partial charge on any atom is -0.476 e. The maximum atomic E-state index is 12.8. The monoisotopic (exact) mass is 328 g/mol. The molecule has 0 aliphatic carbocycles. The van der Waals surface area contributed by atoms with Gasteiger partial charge in [0.1, 0.15) is 5.56 Å². The molecule has 0 bridgehead atoms. The van der Waals surface area contributed by atoms with Crippen LogP contribution >= 0.6 is 0 Å². The van der Waals surface area contributed by atoms with Gasteiger partial charge in [0.25, 0.3) is 5.91 Å². The predicted octanol–water partition coefficient (Wildman–Crippen LogP) is 2.26. The molecule has 2 aromatic rings. The zero-order valence-corrected chi connectivity index (χ0v) is 14.3. The van der Waals surface area contributed by atoms with Crippen molar-refractivity contribution in [3.05, 3.63) is 42.1 Å². The predicted molar refractivity (Wildman–Crippen MR) is 93.6 cm³/mol. The molecule has 1 aromatic heterocycles. The minimum atomic E-state index is 0.00543. The van der Waals surface area contributed by atoms with Crippen LogP contribution in [0, 0.1) is 0 Å². The van der Waals surface area contributed by atoms with Crippen molar-refractivity contribution in [3.63, 3.8) is 0 Å². The number of ether oxygens (including phenoxy) is 1. The largest absolute Gasteiger partial charge is 0.476 e. The van der Waals surface area contributed by atoms with Gasteiger partial charge in [-0.2, -0.15) is 0 Å². The molecule has 6 nitrogen and oxygen atoms in total. The number of aryl methyl sites for hydroxylation is 1. The Morgan fingerprint density at radius 1 is 1.12 bits per heavy atom. The van der Waals surface area contributed by atoms with E-state index in [9.17, 15) is 4.79 Å². The molecule has 1 aliphatic rings. The van der Waals surface area contributed by atoms with E-state index in [2.05, 4.69) is 22.1 Å². The van der Waals surface area contributed by atoms with Crippen LogP contribution in [0.4, 0.5) is 5.69 Å². The van der Waals surface area contributed by atoms with Crippen molar-refractivity contribution in [2.45, 2.75) is 20.4 Å². The van der Waals surface area contributed by atoms with Gasteiger partial charge in [0.15, 0.2) is 0 Å².